The molecular weight excluding hydrogens is 292 g/mol. The van der Waals surface area contributed by atoms with Crippen LogP contribution in [0.25, 0.3) is 0 Å². The first-order valence-corrected chi connectivity index (χ1v) is 9.68. The molecule has 21 heavy (non-hydrogen) atoms. The van der Waals surface area contributed by atoms with E-state index in [2.05, 4.69) is 5.32 Å². The lowest BCUT2D eigenvalue weighted by Gasteiger charge is -2.36. The topological polar surface area (TPSA) is 75.7 Å². The lowest BCUT2D eigenvalue weighted by molar-refractivity contribution is -0.150. The molecule has 6 nitrogen and oxygen atoms in total. The Bertz CT molecular complexity index is 452. The molecule has 1 amide bonds. The molecule has 1 aliphatic carbocycles. The number of nitrogens with zero attached hydrogens (tertiary/aromatic N) is 1. The highest BCUT2D eigenvalue weighted by atomic mass is 32.2. The molecule has 0 radical (unpaired) electrons. The van der Waals surface area contributed by atoms with Crippen molar-refractivity contribution in [3.63, 3.8) is 0 Å². The van der Waals surface area contributed by atoms with Gasteiger partial charge in [0, 0.05) is 31.8 Å². The highest BCUT2D eigenvalue weighted by molar-refractivity contribution is 7.90. The minimum absolute atomic E-state index is 0.105. The third kappa shape index (κ3) is 5.56. The van der Waals surface area contributed by atoms with Gasteiger partial charge in [-0.1, -0.05) is 0 Å². The van der Waals surface area contributed by atoms with Gasteiger partial charge in [-0.25, -0.2) is 8.42 Å². The molecule has 2 aliphatic rings. The van der Waals surface area contributed by atoms with Gasteiger partial charge in [-0.2, -0.15) is 5.06 Å². The average molecular weight is 318 g/mol. The Balaban J connectivity index is 1.61. The number of hydrogen-bond donors (Lipinski definition) is 1. The van der Waals surface area contributed by atoms with Crippen molar-refractivity contribution in [2.24, 2.45) is 11.8 Å². The molecule has 0 aromatic heterocycles. The van der Waals surface area contributed by atoms with Crippen LogP contribution in [-0.2, 0) is 19.5 Å². The van der Waals surface area contributed by atoms with Crippen LogP contribution >= 0.6 is 0 Å². The summed E-state index contributed by atoms with van der Waals surface area (Å²) in [6.45, 7) is 1.77. The Morgan fingerprint density at radius 3 is 2.38 bits per heavy atom. The molecule has 0 atom stereocenters. The molecule has 2 fully saturated rings. The van der Waals surface area contributed by atoms with Crippen LogP contribution in [0, 0.1) is 11.8 Å². The maximum atomic E-state index is 12.0. The fraction of sp³-hybridized carbons (Fsp3) is 0.929. The first-order chi connectivity index (χ1) is 9.85. The first kappa shape index (κ1) is 16.7. The van der Waals surface area contributed by atoms with Crippen molar-refractivity contribution in [2.45, 2.75) is 38.1 Å². The molecule has 0 unspecified atom stereocenters. The van der Waals surface area contributed by atoms with Gasteiger partial charge in [0.15, 0.2) is 0 Å². The summed E-state index contributed by atoms with van der Waals surface area (Å²) in [5, 5.41) is 4.95. The zero-order valence-electron chi connectivity index (χ0n) is 12.9. The number of rotatable bonds is 6. The Labute approximate surface area is 127 Å². The smallest absolute Gasteiger partial charge is 0.220 e. The molecule has 122 valence electrons. The van der Waals surface area contributed by atoms with Crippen LogP contribution in [0.15, 0.2) is 0 Å². The predicted octanol–water partition coefficient (Wildman–Crippen LogP) is 0.589. The van der Waals surface area contributed by atoms with E-state index in [0.29, 0.717) is 12.3 Å². The largest absolute Gasteiger partial charge is 0.353 e. The maximum absolute atomic E-state index is 12.0. The predicted molar refractivity (Wildman–Crippen MR) is 80.3 cm³/mol. The van der Waals surface area contributed by atoms with Crippen molar-refractivity contribution in [3.8, 4) is 0 Å². The molecule has 0 aromatic carbocycles. The Hall–Kier alpha value is -0.660. The summed E-state index contributed by atoms with van der Waals surface area (Å²) < 4.78 is 22.4. The molecule has 0 bridgehead atoms. The summed E-state index contributed by atoms with van der Waals surface area (Å²) in [6.07, 6.45) is 5.41. The summed E-state index contributed by atoms with van der Waals surface area (Å²) >= 11 is 0. The van der Waals surface area contributed by atoms with Gasteiger partial charge in [0.25, 0.3) is 0 Å². The normalized spacial score (nSPS) is 28.1. The molecule has 7 heteroatoms. The highest BCUT2D eigenvalue weighted by Gasteiger charge is 2.33. The second-order valence-electron chi connectivity index (χ2n) is 6.45. The number of sulfone groups is 1. The Morgan fingerprint density at radius 1 is 1.24 bits per heavy atom. The zero-order valence-corrected chi connectivity index (χ0v) is 13.7. The van der Waals surface area contributed by atoms with Crippen LogP contribution in [0.1, 0.15) is 32.1 Å². The van der Waals surface area contributed by atoms with E-state index in [4.69, 9.17) is 4.84 Å². The quantitative estimate of drug-likeness (QED) is 0.776. The summed E-state index contributed by atoms with van der Waals surface area (Å²) in [7, 11) is -1.22. The van der Waals surface area contributed by atoms with Gasteiger partial charge in [-0.3, -0.25) is 4.79 Å². The molecule has 1 N–H and O–H groups in total. The third-order valence-electron chi connectivity index (χ3n) is 4.45. The summed E-state index contributed by atoms with van der Waals surface area (Å²) in [4.78, 5) is 17.2. The summed E-state index contributed by atoms with van der Waals surface area (Å²) in [5.41, 5.74) is 0. The van der Waals surface area contributed by atoms with Gasteiger partial charge in [0.05, 0.1) is 12.9 Å². The third-order valence-corrected chi connectivity index (χ3v) is 5.52. The Morgan fingerprint density at radius 2 is 1.86 bits per heavy atom. The number of piperidine rings is 1. The van der Waals surface area contributed by atoms with E-state index in [1.54, 1.807) is 7.11 Å². The zero-order chi connectivity index (χ0) is 15.5. The number of hydrogen-bond acceptors (Lipinski definition) is 5. The fourth-order valence-corrected chi connectivity index (χ4v) is 4.39. The van der Waals surface area contributed by atoms with Gasteiger partial charge < -0.3 is 10.2 Å². The lowest BCUT2D eigenvalue weighted by atomic mass is 9.81. The highest BCUT2D eigenvalue weighted by Crippen LogP contribution is 2.29. The van der Waals surface area contributed by atoms with E-state index in [1.807, 2.05) is 5.06 Å². The number of hydroxylamine groups is 2. The standard InChI is InChI=1S/C14H26N2O4S/c1-20-16-5-3-11(4-6-16)9-14(17)15-13-7-12(8-13)10-21(2,18)19/h11-13H,3-10H2,1-2H3,(H,15,17). The Kier molecular flexibility index (Phi) is 5.62. The van der Waals surface area contributed by atoms with E-state index in [1.165, 1.54) is 6.26 Å². The second kappa shape index (κ2) is 7.07. The van der Waals surface area contributed by atoms with Gasteiger partial charge >= 0.3 is 0 Å². The first-order valence-electron chi connectivity index (χ1n) is 7.62. The lowest BCUT2D eigenvalue weighted by Crippen LogP contribution is -2.46. The van der Waals surface area contributed by atoms with E-state index in [0.717, 1.165) is 38.8 Å². The minimum atomic E-state index is -2.90. The molecule has 1 heterocycles. The van der Waals surface area contributed by atoms with Crippen molar-refractivity contribution in [1.82, 2.24) is 10.4 Å². The number of carbonyl (C=O) groups excluding carboxylic acids is 1. The van der Waals surface area contributed by atoms with Gasteiger partial charge in [-0.15, -0.1) is 0 Å². The van der Waals surface area contributed by atoms with Crippen molar-refractivity contribution in [3.05, 3.63) is 0 Å². The molecular formula is C14H26N2O4S. The molecule has 1 aliphatic heterocycles. The van der Waals surface area contributed by atoms with Crippen molar-refractivity contribution >= 4 is 15.7 Å². The summed E-state index contributed by atoms with van der Waals surface area (Å²) in [5.74, 6) is 1.00. The maximum Gasteiger partial charge on any atom is 0.220 e. The molecule has 0 aromatic rings. The van der Waals surface area contributed by atoms with Crippen LogP contribution in [0.5, 0.6) is 0 Å². The van der Waals surface area contributed by atoms with Crippen LogP contribution in [0.4, 0.5) is 0 Å². The minimum Gasteiger partial charge on any atom is -0.353 e. The van der Waals surface area contributed by atoms with Crippen molar-refractivity contribution in [1.29, 1.82) is 0 Å². The van der Waals surface area contributed by atoms with Gasteiger partial charge in [0.2, 0.25) is 5.91 Å². The average Bonchev–Trinajstić information content (AvgIpc) is 2.35. The van der Waals surface area contributed by atoms with E-state index in [9.17, 15) is 13.2 Å². The SMILES string of the molecule is CON1CCC(CC(=O)NC2CC(CS(C)(=O)=O)C2)CC1. The van der Waals surface area contributed by atoms with Crippen LogP contribution in [-0.4, -0.2) is 57.6 Å². The summed E-state index contributed by atoms with van der Waals surface area (Å²) in [6, 6.07) is 0.170. The molecule has 1 saturated carbocycles. The van der Waals surface area contributed by atoms with Crippen LogP contribution < -0.4 is 5.32 Å². The van der Waals surface area contributed by atoms with Gasteiger partial charge in [0.1, 0.15) is 9.84 Å². The number of amides is 1. The number of carbonyl (C=O) groups is 1. The second-order valence-corrected chi connectivity index (χ2v) is 8.64. The van der Waals surface area contributed by atoms with Crippen molar-refractivity contribution in [2.75, 3.05) is 32.2 Å². The van der Waals surface area contributed by atoms with Crippen LogP contribution in [0.2, 0.25) is 0 Å². The van der Waals surface area contributed by atoms with Gasteiger partial charge in [-0.05, 0) is 37.5 Å². The molecule has 2 rings (SSSR count). The molecule has 1 saturated heterocycles. The van der Waals surface area contributed by atoms with Crippen LogP contribution in [0.3, 0.4) is 0 Å². The van der Waals surface area contributed by atoms with E-state index >= 15 is 0 Å². The van der Waals surface area contributed by atoms with Crippen molar-refractivity contribution < 1.29 is 18.0 Å². The monoisotopic (exact) mass is 318 g/mol. The number of nitrogens with one attached hydrogen (secondary N) is 1. The van der Waals surface area contributed by atoms with E-state index in [-0.39, 0.29) is 23.6 Å². The van der Waals surface area contributed by atoms with E-state index < -0.39 is 9.84 Å². The molecule has 0 spiro atoms. The fourth-order valence-electron chi connectivity index (χ4n) is 3.26.